The molecule has 0 spiro atoms. The number of amides is 5. The van der Waals surface area contributed by atoms with E-state index in [0.717, 1.165) is 0 Å². The average molecular weight is 474 g/mol. The highest BCUT2D eigenvalue weighted by Gasteiger charge is 2.32. The summed E-state index contributed by atoms with van der Waals surface area (Å²) in [6.45, 7) is 3.41. The molecule has 0 fully saturated rings. The highest BCUT2D eigenvalue weighted by molar-refractivity contribution is 5.97. The van der Waals surface area contributed by atoms with Crippen LogP contribution in [0.2, 0.25) is 0 Å². The van der Waals surface area contributed by atoms with Crippen molar-refractivity contribution in [3.8, 4) is 0 Å². The van der Waals surface area contributed by atoms with E-state index in [-0.39, 0.29) is 12.3 Å². The second-order valence-electron chi connectivity index (χ2n) is 7.70. The van der Waals surface area contributed by atoms with Crippen molar-refractivity contribution in [3.05, 3.63) is 0 Å². The lowest BCUT2D eigenvalue weighted by Gasteiger charge is -2.24. The van der Waals surface area contributed by atoms with Crippen molar-refractivity contribution in [2.24, 2.45) is 23.1 Å². The highest BCUT2D eigenvalue weighted by atomic mass is 16.4. The largest absolute Gasteiger partial charge is 0.481 e. The van der Waals surface area contributed by atoms with Crippen LogP contribution in [0, 0.1) is 5.92 Å². The molecule has 0 aromatic heterocycles. The summed E-state index contributed by atoms with van der Waals surface area (Å²) in [7, 11) is 0. The summed E-state index contributed by atoms with van der Waals surface area (Å²) in [5.41, 5.74) is 15.5. The van der Waals surface area contributed by atoms with Crippen molar-refractivity contribution in [1.82, 2.24) is 16.0 Å². The average Bonchev–Trinajstić information content (AvgIpc) is 2.64. The number of carbonyl (C=O) groups excluding carboxylic acids is 5. The Hall–Kier alpha value is -3.75. The smallest absolute Gasteiger partial charge is 0.326 e. The number of rotatable bonds is 15. The zero-order valence-corrected chi connectivity index (χ0v) is 18.2. The molecule has 0 aliphatic carbocycles. The summed E-state index contributed by atoms with van der Waals surface area (Å²) in [5, 5.41) is 24.6. The predicted octanol–water partition coefficient (Wildman–Crippen LogP) is -3.88. The molecule has 0 aromatic rings. The molecule has 0 saturated carbocycles. The van der Waals surface area contributed by atoms with Gasteiger partial charge in [-0.1, -0.05) is 13.8 Å². The van der Waals surface area contributed by atoms with E-state index in [1.165, 1.54) is 0 Å². The van der Waals surface area contributed by atoms with Gasteiger partial charge in [0, 0.05) is 0 Å². The summed E-state index contributed by atoms with van der Waals surface area (Å²) in [4.78, 5) is 81.9. The molecule has 11 N–H and O–H groups in total. The fraction of sp³-hybridized carbons (Fsp3) is 0.611. The summed E-state index contributed by atoms with van der Waals surface area (Å²) >= 11 is 0. The SMILES string of the molecule is CC(C)CC(NC(=O)C(CC(=O)O)NC(=O)C(CC(N)=O)NC(=O)C(N)CC(N)=O)C(=O)O. The van der Waals surface area contributed by atoms with Crippen molar-refractivity contribution in [1.29, 1.82) is 0 Å². The summed E-state index contributed by atoms with van der Waals surface area (Å²) < 4.78 is 0. The highest BCUT2D eigenvalue weighted by Crippen LogP contribution is 2.06. The van der Waals surface area contributed by atoms with Gasteiger partial charge in [0.25, 0.3) is 0 Å². The van der Waals surface area contributed by atoms with Crippen LogP contribution in [0.15, 0.2) is 0 Å². The zero-order valence-electron chi connectivity index (χ0n) is 18.2. The third kappa shape index (κ3) is 12.0. The minimum Gasteiger partial charge on any atom is -0.481 e. The Morgan fingerprint density at radius 1 is 0.697 bits per heavy atom. The van der Waals surface area contributed by atoms with E-state index < -0.39 is 84.9 Å². The zero-order chi connectivity index (χ0) is 25.9. The topological polar surface area (TPSA) is 274 Å². The molecular formula is C18H30N6O9. The molecule has 0 heterocycles. The van der Waals surface area contributed by atoms with Gasteiger partial charge < -0.3 is 43.4 Å². The molecule has 0 aliphatic heterocycles. The van der Waals surface area contributed by atoms with Crippen molar-refractivity contribution in [2.75, 3.05) is 0 Å². The summed E-state index contributed by atoms with van der Waals surface area (Å²) in [6, 6.07) is -6.20. The van der Waals surface area contributed by atoms with Crippen LogP contribution in [0.3, 0.4) is 0 Å². The van der Waals surface area contributed by atoms with Crippen LogP contribution in [0.5, 0.6) is 0 Å². The molecular weight excluding hydrogens is 444 g/mol. The Bertz CT molecular complexity index is 785. The molecule has 15 nitrogen and oxygen atoms in total. The maximum atomic E-state index is 12.6. The van der Waals surface area contributed by atoms with Gasteiger partial charge in [-0.3, -0.25) is 28.8 Å². The van der Waals surface area contributed by atoms with Gasteiger partial charge in [-0.2, -0.15) is 0 Å². The van der Waals surface area contributed by atoms with Gasteiger partial charge in [-0.25, -0.2) is 4.79 Å². The van der Waals surface area contributed by atoms with Gasteiger partial charge in [0.15, 0.2) is 0 Å². The summed E-state index contributed by atoms with van der Waals surface area (Å²) in [5.74, 6) is -8.21. The fourth-order valence-corrected chi connectivity index (χ4v) is 2.62. The number of hydrogen-bond acceptors (Lipinski definition) is 8. The molecule has 186 valence electrons. The molecule has 33 heavy (non-hydrogen) atoms. The van der Waals surface area contributed by atoms with Gasteiger partial charge in [-0.05, 0) is 12.3 Å². The van der Waals surface area contributed by atoms with Crippen LogP contribution in [-0.2, 0) is 33.6 Å². The van der Waals surface area contributed by atoms with E-state index >= 15 is 0 Å². The lowest BCUT2D eigenvalue weighted by Crippen LogP contribution is -2.58. The Morgan fingerprint density at radius 3 is 1.52 bits per heavy atom. The van der Waals surface area contributed by atoms with E-state index in [0.29, 0.717) is 0 Å². The van der Waals surface area contributed by atoms with Crippen LogP contribution < -0.4 is 33.2 Å². The van der Waals surface area contributed by atoms with Crippen molar-refractivity contribution < 1.29 is 43.8 Å². The third-order valence-electron chi connectivity index (χ3n) is 4.13. The second-order valence-corrected chi connectivity index (χ2v) is 7.70. The third-order valence-corrected chi connectivity index (χ3v) is 4.13. The fourth-order valence-electron chi connectivity index (χ4n) is 2.62. The Balaban J connectivity index is 5.56. The van der Waals surface area contributed by atoms with Gasteiger partial charge in [0.1, 0.15) is 18.1 Å². The molecule has 5 amide bonds. The van der Waals surface area contributed by atoms with Crippen molar-refractivity contribution >= 4 is 41.5 Å². The molecule has 4 atom stereocenters. The minimum atomic E-state index is -1.74. The predicted molar refractivity (Wildman–Crippen MR) is 111 cm³/mol. The van der Waals surface area contributed by atoms with Crippen LogP contribution in [0.25, 0.3) is 0 Å². The molecule has 0 radical (unpaired) electrons. The number of carbonyl (C=O) groups is 7. The van der Waals surface area contributed by atoms with Crippen molar-refractivity contribution in [3.63, 3.8) is 0 Å². The van der Waals surface area contributed by atoms with E-state index in [1.54, 1.807) is 13.8 Å². The molecule has 0 saturated heterocycles. The van der Waals surface area contributed by atoms with E-state index in [2.05, 4.69) is 16.0 Å². The first-order chi connectivity index (χ1) is 15.1. The molecule has 0 bridgehead atoms. The van der Waals surface area contributed by atoms with E-state index in [1.807, 2.05) is 0 Å². The molecule has 0 rings (SSSR count). The normalized spacial score (nSPS) is 14.3. The first-order valence-corrected chi connectivity index (χ1v) is 9.81. The minimum absolute atomic E-state index is 0.0346. The molecule has 4 unspecified atom stereocenters. The Labute approximate surface area is 188 Å². The van der Waals surface area contributed by atoms with Gasteiger partial charge in [-0.15, -0.1) is 0 Å². The number of carboxylic acids is 2. The number of primary amides is 2. The van der Waals surface area contributed by atoms with Crippen LogP contribution in [0.4, 0.5) is 0 Å². The molecule has 0 aromatic carbocycles. The number of hydrogen-bond donors (Lipinski definition) is 8. The van der Waals surface area contributed by atoms with Crippen LogP contribution in [-0.4, -0.2) is 75.9 Å². The first kappa shape index (κ1) is 29.2. The number of aliphatic carboxylic acids is 2. The molecule has 15 heteroatoms. The second kappa shape index (κ2) is 13.6. The monoisotopic (exact) mass is 474 g/mol. The molecule has 0 aliphatic rings. The Kier molecular flexibility index (Phi) is 12.1. The number of nitrogens with two attached hydrogens (primary N) is 3. The lowest BCUT2D eigenvalue weighted by atomic mass is 10.0. The van der Waals surface area contributed by atoms with Crippen LogP contribution in [0.1, 0.15) is 39.5 Å². The summed E-state index contributed by atoms with van der Waals surface area (Å²) in [6.07, 6.45) is -2.20. The maximum absolute atomic E-state index is 12.6. The van der Waals surface area contributed by atoms with Gasteiger partial charge in [0.05, 0.1) is 25.3 Å². The standard InChI is InChI=1S/C18H30N6O9/c1-7(2)3-11(18(32)33)24-17(31)10(6-14(27)28)23-16(30)9(5-13(21)26)22-15(29)8(19)4-12(20)25/h7-11H,3-6,19H2,1-2H3,(H2,20,25)(H2,21,26)(H,22,29)(H,23,30)(H,24,31)(H,27,28)(H,32,33). The number of nitrogens with one attached hydrogen (secondary N) is 3. The van der Waals surface area contributed by atoms with E-state index in [4.69, 9.17) is 22.3 Å². The van der Waals surface area contributed by atoms with E-state index in [9.17, 15) is 38.7 Å². The first-order valence-electron chi connectivity index (χ1n) is 9.81. The van der Waals surface area contributed by atoms with Gasteiger partial charge in [0.2, 0.25) is 29.5 Å². The van der Waals surface area contributed by atoms with Crippen molar-refractivity contribution in [2.45, 2.75) is 63.7 Å². The van der Waals surface area contributed by atoms with Crippen LogP contribution >= 0.6 is 0 Å². The maximum Gasteiger partial charge on any atom is 0.326 e. The lowest BCUT2D eigenvalue weighted by molar-refractivity contribution is -0.144. The van der Waals surface area contributed by atoms with Gasteiger partial charge >= 0.3 is 11.9 Å². The number of carboxylic acid groups (broad SMARTS) is 2. The quantitative estimate of drug-likeness (QED) is 0.114. The Morgan fingerprint density at radius 2 is 1.12 bits per heavy atom.